The quantitative estimate of drug-likeness (QED) is 0.839. The fraction of sp³-hybridized carbons (Fsp3) is 0.538. The van der Waals surface area contributed by atoms with Gasteiger partial charge >= 0.3 is 0 Å². The molecule has 2 nitrogen and oxygen atoms in total. The van der Waals surface area contributed by atoms with Gasteiger partial charge in [-0.3, -0.25) is 0 Å². The molecule has 17 heavy (non-hydrogen) atoms. The van der Waals surface area contributed by atoms with E-state index >= 15 is 0 Å². The molecule has 0 bridgehead atoms. The van der Waals surface area contributed by atoms with Gasteiger partial charge in [-0.25, -0.2) is 0 Å². The smallest absolute Gasteiger partial charge is 0.0819 e. The molecule has 1 aliphatic carbocycles. The third kappa shape index (κ3) is 3.70. The van der Waals surface area contributed by atoms with Crippen LogP contribution in [0.3, 0.4) is 0 Å². The molecule has 2 rings (SSSR count). The van der Waals surface area contributed by atoms with Crippen molar-refractivity contribution < 1.29 is 5.11 Å². The van der Waals surface area contributed by atoms with E-state index in [-0.39, 0.29) is 0 Å². The molecule has 1 saturated carbocycles. The summed E-state index contributed by atoms with van der Waals surface area (Å²) in [5, 5.41) is 13.7. The van der Waals surface area contributed by atoms with Crippen molar-refractivity contribution in [1.82, 2.24) is 0 Å². The molecule has 0 atom stereocenters. The summed E-state index contributed by atoms with van der Waals surface area (Å²) in [6, 6.07) is 6.02. The Kier molecular flexibility index (Phi) is 4.50. The second-order valence-electron chi connectivity index (χ2n) is 4.76. The Morgan fingerprint density at radius 1 is 1.18 bits per heavy atom. The zero-order chi connectivity index (χ0) is 12.3. The third-order valence-electron chi connectivity index (χ3n) is 3.32. The summed E-state index contributed by atoms with van der Waals surface area (Å²) in [5.41, 5.74) is 0.511. The van der Waals surface area contributed by atoms with Crippen LogP contribution in [0.2, 0.25) is 0 Å². The molecule has 0 saturated heterocycles. The number of halogens is 2. The van der Waals surface area contributed by atoms with Crippen molar-refractivity contribution in [3.8, 4) is 0 Å². The van der Waals surface area contributed by atoms with E-state index in [1.807, 2.05) is 18.2 Å². The highest BCUT2D eigenvalue weighted by atomic mass is 79.9. The van der Waals surface area contributed by atoms with Crippen LogP contribution in [-0.4, -0.2) is 17.3 Å². The largest absolute Gasteiger partial charge is 0.388 e. The Labute approximate surface area is 119 Å². The van der Waals surface area contributed by atoms with Gasteiger partial charge in [0.1, 0.15) is 0 Å². The molecule has 94 valence electrons. The van der Waals surface area contributed by atoms with Gasteiger partial charge in [0.2, 0.25) is 0 Å². The molecule has 0 unspecified atom stereocenters. The minimum Gasteiger partial charge on any atom is -0.388 e. The van der Waals surface area contributed by atoms with Gasteiger partial charge in [-0.1, -0.05) is 35.2 Å². The van der Waals surface area contributed by atoms with E-state index in [0.717, 1.165) is 40.3 Å². The molecular weight excluding hydrogens is 346 g/mol. The Morgan fingerprint density at radius 2 is 1.88 bits per heavy atom. The van der Waals surface area contributed by atoms with Gasteiger partial charge in [-0.15, -0.1) is 0 Å². The first kappa shape index (κ1) is 13.4. The van der Waals surface area contributed by atoms with Crippen LogP contribution in [0.25, 0.3) is 0 Å². The molecule has 1 fully saturated rings. The summed E-state index contributed by atoms with van der Waals surface area (Å²) in [6.07, 6.45) is 5.35. The van der Waals surface area contributed by atoms with Crippen LogP contribution in [0.4, 0.5) is 5.69 Å². The zero-order valence-corrected chi connectivity index (χ0v) is 12.8. The van der Waals surface area contributed by atoms with Gasteiger partial charge in [0, 0.05) is 21.2 Å². The summed E-state index contributed by atoms with van der Waals surface area (Å²) in [7, 11) is 0. The van der Waals surface area contributed by atoms with E-state index in [4.69, 9.17) is 0 Å². The van der Waals surface area contributed by atoms with Crippen LogP contribution < -0.4 is 5.32 Å². The number of aliphatic hydroxyl groups is 1. The normalized spacial score (nSPS) is 19.0. The molecule has 0 heterocycles. The minimum atomic E-state index is -0.523. The third-order valence-corrected chi connectivity index (χ3v) is 4.47. The van der Waals surface area contributed by atoms with E-state index in [9.17, 15) is 5.11 Å². The average molecular weight is 363 g/mol. The van der Waals surface area contributed by atoms with Gasteiger partial charge in [0.15, 0.2) is 0 Å². The van der Waals surface area contributed by atoms with Crippen LogP contribution >= 0.6 is 31.9 Å². The lowest BCUT2D eigenvalue weighted by atomic mass is 9.85. The molecule has 2 N–H and O–H groups in total. The lowest BCUT2D eigenvalue weighted by molar-refractivity contribution is 0.0167. The lowest BCUT2D eigenvalue weighted by Gasteiger charge is -2.32. The standard InChI is InChI=1S/C13H17Br2NO/c14-10-4-5-12(11(15)8-10)16-9-13(17)6-2-1-3-7-13/h4-5,8,16-17H,1-3,6-7,9H2. The van der Waals surface area contributed by atoms with Crippen molar-refractivity contribution in [2.75, 3.05) is 11.9 Å². The minimum absolute atomic E-state index is 0.523. The topological polar surface area (TPSA) is 32.3 Å². The fourth-order valence-electron chi connectivity index (χ4n) is 2.28. The van der Waals surface area contributed by atoms with Crippen molar-refractivity contribution in [3.05, 3.63) is 27.1 Å². The van der Waals surface area contributed by atoms with E-state index in [1.165, 1.54) is 6.42 Å². The van der Waals surface area contributed by atoms with Gasteiger partial charge < -0.3 is 10.4 Å². The summed E-state index contributed by atoms with van der Waals surface area (Å²) < 4.78 is 2.07. The van der Waals surface area contributed by atoms with E-state index < -0.39 is 5.60 Å². The molecule has 0 aliphatic heterocycles. The van der Waals surface area contributed by atoms with Crippen molar-refractivity contribution >= 4 is 37.5 Å². The molecule has 4 heteroatoms. The maximum absolute atomic E-state index is 10.4. The first-order valence-corrected chi connectivity index (χ1v) is 7.59. The number of hydrogen-bond acceptors (Lipinski definition) is 2. The predicted octanol–water partition coefficient (Wildman–Crippen LogP) is 4.32. The maximum Gasteiger partial charge on any atom is 0.0819 e. The zero-order valence-electron chi connectivity index (χ0n) is 9.68. The molecule has 1 aromatic rings. The SMILES string of the molecule is OC1(CNc2ccc(Br)cc2Br)CCCCC1. The Bertz CT molecular complexity index is 389. The summed E-state index contributed by atoms with van der Waals surface area (Å²) in [4.78, 5) is 0. The van der Waals surface area contributed by atoms with E-state index in [0.29, 0.717) is 6.54 Å². The van der Waals surface area contributed by atoms with Crippen molar-refractivity contribution in [3.63, 3.8) is 0 Å². The molecule has 1 aliphatic rings. The molecule has 0 aromatic heterocycles. The van der Waals surface area contributed by atoms with Crippen LogP contribution in [-0.2, 0) is 0 Å². The Hall–Kier alpha value is -0.0600. The average Bonchev–Trinajstić information content (AvgIpc) is 2.29. The van der Waals surface area contributed by atoms with Crippen molar-refractivity contribution in [1.29, 1.82) is 0 Å². The second-order valence-corrected chi connectivity index (χ2v) is 6.53. The number of anilines is 1. The van der Waals surface area contributed by atoms with E-state index in [2.05, 4.69) is 37.2 Å². The first-order valence-electron chi connectivity index (χ1n) is 6.00. The summed E-state index contributed by atoms with van der Waals surface area (Å²) in [5.74, 6) is 0. The van der Waals surface area contributed by atoms with Crippen LogP contribution in [0, 0.1) is 0 Å². The van der Waals surface area contributed by atoms with Gasteiger partial charge in [0.05, 0.1) is 5.60 Å². The number of benzene rings is 1. The van der Waals surface area contributed by atoms with Gasteiger partial charge in [-0.05, 0) is 47.0 Å². The Balaban J connectivity index is 1.97. The van der Waals surface area contributed by atoms with Crippen LogP contribution in [0.1, 0.15) is 32.1 Å². The Morgan fingerprint density at radius 3 is 2.53 bits per heavy atom. The van der Waals surface area contributed by atoms with Crippen LogP contribution in [0.15, 0.2) is 27.1 Å². The first-order chi connectivity index (χ1) is 8.09. The monoisotopic (exact) mass is 361 g/mol. The summed E-state index contributed by atoms with van der Waals surface area (Å²) in [6.45, 7) is 0.632. The maximum atomic E-state index is 10.4. The molecule has 0 amide bonds. The number of hydrogen-bond donors (Lipinski definition) is 2. The van der Waals surface area contributed by atoms with Crippen LogP contribution in [0.5, 0.6) is 0 Å². The fourth-order valence-corrected chi connectivity index (χ4v) is 3.47. The lowest BCUT2D eigenvalue weighted by Crippen LogP contribution is -2.38. The second kappa shape index (κ2) is 5.72. The highest BCUT2D eigenvalue weighted by Crippen LogP contribution is 2.30. The highest BCUT2D eigenvalue weighted by Gasteiger charge is 2.28. The van der Waals surface area contributed by atoms with E-state index in [1.54, 1.807) is 0 Å². The highest BCUT2D eigenvalue weighted by molar-refractivity contribution is 9.11. The van der Waals surface area contributed by atoms with Crippen molar-refractivity contribution in [2.45, 2.75) is 37.7 Å². The number of nitrogens with one attached hydrogen (secondary N) is 1. The number of rotatable bonds is 3. The molecule has 1 aromatic carbocycles. The molecule has 0 spiro atoms. The van der Waals surface area contributed by atoms with Crippen molar-refractivity contribution in [2.24, 2.45) is 0 Å². The van der Waals surface area contributed by atoms with Gasteiger partial charge in [-0.2, -0.15) is 0 Å². The molecule has 0 radical (unpaired) electrons. The molecular formula is C13H17Br2NO. The predicted molar refractivity (Wildman–Crippen MR) is 78.4 cm³/mol. The summed E-state index contributed by atoms with van der Waals surface area (Å²) >= 11 is 6.94. The van der Waals surface area contributed by atoms with Gasteiger partial charge in [0.25, 0.3) is 0 Å².